The molecule has 2 nitrogen and oxygen atoms in total. The minimum Gasteiger partial charge on any atom is -0.366 e. The van der Waals surface area contributed by atoms with E-state index in [0.29, 0.717) is 0 Å². The Balaban J connectivity index is 1.97. The second kappa shape index (κ2) is 5.16. The number of ether oxygens (including phenoxy) is 1. The highest BCUT2D eigenvalue weighted by atomic mass is 32.1. The van der Waals surface area contributed by atoms with Crippen molar-refractivity contribution in [2.24, 2.45) is 0 Å². The quantitative estimate of drug-likeness (QED) is 0.752. The minimum absolute atomic E-state index is 0.111. The van der Waals surface area contributed by atoms with Crippen LogP contribution in [0, 0.1) is 0 Å². The fourth-order valence-corrected chi connectivity index (χ4v) is 3.98. The molecule has 0 aromatic carbocycles. The van der Waals surface area contributed by atoms with E-state index < -0.39 is 0 Å². The van der Waals surface area contributed by atoms with Crippen LogP contribution in [0.2, 0.25) is 0 Å². The van der Waals surface area contributed by atoms with E-state index in [1.54, 1.807) is 11.3 Å². The Hall–Kier alpha value is -0.640. The molecule has 1 aliphatic carbocycles. The van der Waals surface area contributed by atoms with E-state index >= 15 is 0 Å². The van der Waals surface area contributed by atoms with Gasteiger partial charge < -0.3 is 4.74 Å². The SMILES string of the molecule is [O]Cc1cc(C2(C3=CCCCC3)CCCO2)cs1. The van der Waals surface area contributed by atoms with Crippen LogP contribution in [0.25, 0.3) is 0 Å². The minimum atomic E-state index is -0.190. The molecule has 1 fully saturated rings. The zero-order chi connectivity index (χ0) is 12.4. The van der Waals surface area contributed by atoms with E-state index in [2.05, 4.69) is 17.5 Å². The van der Waals surface area contributed by atoms with Gasteiger partial charge in [0.1, 0.15) is 12.2 Å². The predicted molar refractivity (Wildman–Crippen MR) is 72.1 cm³/mol. The Bertz CT molecular complexity index is 441. The van der Waals surface area contributed by atoms with Gasteiger partial charge in [0, 0.05) is 11.5 Å². The summed E-state index contributed by atoms with van der Waals surface area (Å²) in [6.45, 7) is 0.736. The van der Waals surface area contributed by atoms with Crippen molar-refractivity contribution in [1.82, 2.24) is 0 Å². The third-order valence-electron chi connectivity index (χ3n) is 4.09. The molecule has 1 aliphatic heterocycles. The van der Waals surface area contributed by atoms with E-state index in [1.807, 2.05) is 0 Å². The van der Waals surface area contributed by atoms with Crippen LogP contribution in [0.4, 0.5) is 0 Å². The number of rotatable bonds is 3. The van der Waals surface area contributed by atoms with Crippen LogP contribution in [0.15, 0.2) is 23.1 Å². The van der Waals surface area contributed by atoms with Crippen LogP contribution >= 0.6 is 11.3 Å². The summed E-state index contributed by atoms with van der Waals surface area (Å²) in [7, 11) is 0. The van der Waals surface area contributed by atoms with Gasteiger partial charge in [-0.25, -0.2) is 5.11 Å². The van der Waals surface area contributed by atoms with E-state index in [-0.39, 0.29) is 12.2 Å². The zero-order valence-corrected chi connectivity index (χ0v) is 11.4. The molecule has 18 heavy (non-hydrogen) atoms. The summed E-state index contributed by atoms with van der Waals surface area (Å²) in [5.41, 5.74) is 2.50. The smallest absolute Gasteiger partial charge is 0.116 e. The molecule has 0 amide bonds. The molecule has 2 heterocycles. The number of thiophene rings is 1. The Kier molecular flexibility index (Phi) is 3.55. The molecule has 3 rings (SSSR count). The van der Waals surface area contributed by atoms with Crippen LogP contribution in [0.5, 0.6) is 0 Å². The lowest BCUT2D eigenvalue weighted by Crippen LogP contribution is -2.28. The monoisotopic (exact) mass is 263 g/mol. The van der Waals surface area contributed by atoms with Crippen molar-refractivity contribution >= 4 is 11.3 Å². The average Bonchev–Trinajstić information content (AvgIpc) is 3.09. The fraction of sp³-hybridized carbons (Fsp3) is 0.600. The molecule has 3 heteroatoms. The maximum absolute atomic E-state index is 11.0. The molecule has 2 aliphatic rings. The molecule has 0 saturated carbocycles. The van der Waals surface area contributed by atoms with Gasteiger partial charge in [-0.15, -0.1) is 11.3 Å². The lowest BCUT2D eigenvalue weighted by atomic mass is 9.80. The van der Waals surface area contributed by atoms with E-state index in [1.165, 1.54) is 30.4 Å². The normalized spacial score (nSPS) is 28.4. The molecule has 0 bridgehead atoms. The largest absolute Gasteiger partial charge is 0.366 e. The molecule has 1 atom stereocenters. The van der Waals surface area contributed by atoms with E-state index in [4.69, 9.17) is 4.74 Å². The van der Waals surface area contributed by atoms with Gasteiger partial charge in [0.05, 0.1) is 0 Å². The van der Waals surface area contributed by atoms with Crippen molar-refractivity contribution in [1.29, 1.82) is 0 Å². The molecule has 1 unspecified atom stereocenters. The highest BCUT2D eigenvalue weighted by Crippen LogP contribution is 2.46. The third-order valence-corrected chi connectivity index (χ3v) is 5.00. The summed E-state index contributed by atoms with van der Waals surface area (Å²) < 4.78 is 6.16. The summed E-state index contributed by atoms with van der Waals surface area (Å²) in [5.74, 6) is 0. The molecule has 1 aromatic heterocycles. The van der Waals surface area contributed by atoms with Gasteiger partial charge >= 0.3 is 0 Å². The molecule has 1 radical (unpaired) electrons. The van der Waals surface area contributed by atoms with Gasteiger partial charge in [0.2, 0.25) is 0 Å². The summed E-state index contributed by atoms with van der Waals surface area (Å²) in [6, 6.07) is 2.07. The van der Waals surface area contributed by atoms with Gasteiger partial charge in [-0.05, 0) is 61.1 Å². The van der Waals surface area contributed by atoms with Gasteiger partial charge in [-0.1, -0.05) is 6.08 Å². The summed E-state index contributed by atoms with van der Waals surface area (Å²) in [4.78, 5) is 0.927. The van der Waals surface area contributed by atoms with Gasteiger partial charge in [-0.3, -0.25) is 0 Å². The molecule has 97 valence electrons. The maximum atomic E-state index is 11.0. The second-order valence-corrected chi connectivity index (χ2v) is 6.20. The van der Waals surface area contributed by atoms with Crippen LogP contribution < -0.4 is 0 Å². The van der Waals surface area contributed by atoms with Crippen LogP contribution in [0.3, 0.4) is 0 Å². The van der Waals surface area contributed by atoms with Crippen molar-refractivity contribution in [3.05, 3.63) is 33.5 Å². The topological polar surface area (TPSA) is 29.1 Å². The van der Waals surface area contributed by atoms with Crippen LogP contribution in [0.1, 0.15) is 49.0 Å². The van der Waals surface area contributed by atoms with Crippen LogP contribution in [-0.2, 0) is 22.1 Å². The molecular weight excluding hydrogens is 244 g/mol. The first-order valence-corrected chi connectivity index (χ1v) is 7.72. The number of allylic oxidation sites excluding steroid dienone is 1. The number of hydrogen-bond donors (Lipinski definition) is 0. The first-order chi connectivity index (χ1) is 8.85. The Labute approximate surface area is 112 Å². The molecular formula is C15H19O2S. The van der Waals surface area contributed by atoms with Gasteiger partial charge in [0.25, 0.3) is 0 Å². The summed E-state index contributed by atoms with van der Waals surface area (Å²) >= 11 is 1.58. The van der Waals surface area contributed by atoms with Gasteiger partial charge in [0.15, 0.2) is 0 Å². The van der Waals surface area contributed by atoms with Gasteiger partial charge in [-0.2, -0.15) is 0 Å². The Morgan fingerprint density at radius 3 is 2.89 bits per heavy atom. The molecule has 1 aromatic rings. The first kappa shape index (κ1) is 12.4. The van der Waals surface area contributed by atoms with Crippen LogP contribution in [-0.4, -0.2) is 6.61 Å². The van der Waals surface area contributed by atoms with Crippen molar-refractivity contribution in [2.75, 3.05) is 6.61 Å². The lowest BCUT2D eigenvalue weighted by molar-refractivity contribution is 0.0285. The fourth-order valence-electron chi connectivity index (χ4n) is 3.18. The highest BCUT2D eigenvalue weighted by Gasteiger charge is 2.41. The van der Waals surface area contributed by atoms with Crippen molar-refractivity contribution in [3.63, 3.8) is 0 Å². The van der Waals surface area contributed by atoms with Crippen molar-refractivity contribution in [3.8, 4) is 0 Å². The summed E-state index contributed by atoms with van der Waals surface area (Å²) in [5, 5.41) is 13.1. The van der Waals surface area contributed by atoms with Crippen molar-refractivity contribution in [2.45, 2.75) is 50.7 Å². The lowest BCUT2D eigenvalue weighted by Gasteiger charge is -2.33. The molecule has 0 N–H and O–H groups in total. The maximum Gasteiger partial charge on any atom is 0.116 e. The average molecular weight is 263 g/mol. The second-order valence-electron chi connectivity index (χ2n) is 5.20. The zero-order valence-electron chi connectivity index (χ0n) is 10.6. The molecule has 1 saturated heterocycles. The summed E-state index contributed by atoms with van der Waals surface area (Å²) in [6.07, 6.45) is 9.49. The third kappa shape index (κ3) is 2.04. The number of hydrogen-bond acceptors (Lipinski definition) is 2. The van der Waals surface area contributed by atoms with E-state index in [9.17, 15) is 5.11 Å². The molecule has 0 spiro atoms. The Morgan fingerprint density at radius 1 is 1.33 bits per heavy atom. The van der Waals surface area contributed by atoms with E-state index in [0.717, 1.165) is 30.7 Å². The standard InChI is InChI=1S/C15H19O2S/c16-10-14-9-13(11-18-14)15(7-4-8-17-15)12-5-2-1-3-6-12/h5,9,11H,1-4,6-8,10H2. The predicted octanol–water partition coefficient (Wildman–Crippen LogP) is 4.18. The first-order valence-electron chi connectivity index (χ1n) is 6.84. The van der Waals surface area contributed by atoms with Crippen molar-refractivity contribution < 1.29 is 9.84 Å². The Morgan fingerprint density at radius 2 is 2.28 bits per heavy atom. The highest BCUT2D eigenvalue weighted by molar-refractivity contribution is 7.10.